The van der Waals surface area contributed by atoms with Crippen molar-refractivity contribution in [2.75, 3.05) is 12.8 Å². The standard InChI is InChI=1S/C13H14N2O3S/c1-15-19(16,17)13-8-6-12(7-9-13)18-11-4-2-10(14)3-5-11/h2-9,15H,14H2,1H3. The maximum Gasteiger partial charge on any atom is 0.240 e. The molecule has 6 heteroatoms. The molecule has 0 atom stereocenters. The number of rotatable bonds is 4. The Balaban J connectivity index is 2.17. The van der Waals surface area contributed by atoms with Crippen LogP contribution in [0, 0.1) is 0 Å². The maximum atomic E-state index is 11.5. The van der Waals surface area contributed by atoms with E-state index in [0.717, 1.165) is 0 Å². The molecule has 3 N–H and O–H groups in total. The summed E-state index contributed by atoms with van der Waals surface area (Å²) >= 11 is 0. The Morgan fingerprint density at radius 3 is 1.89 bits per heavy atom. The van der Waals surface area contributed by atoms with Crippen molar-refractivity contribution in [3.05, 3.63) is 48.5 Å². The van der Waals surface area contributed by atoms with Crippen molar-refractivity contribution in [3.8, 4) is 11.5 Å². The van der Waals surface area contributed by atoms with E-state index < -0.39 is 10.0 Å². The molecule has 2 rings (SSSR count). The number of hydrogen-bond acceptors (Lipinski definition) is 4. The Morgan fingerprint density at radius 1 is 0.947 bits per heavy atom. The lowest BCUT2D eigenvalue weighted by Gasteiger charge is -2.07. The van der Waals surface area contributed by atoms with Gasteiger partial charge in [0.15, 0.2) is 0 Å². The Kier molecular flexibility index (Phi) is 3.73. The van der Waals surface area contributed by atoms with Crippen LogP contribution in [0.4, 0.5) is 5.69 Å². The zero-order valence-electron chi connectivity index (χ0n) is 10.3. The molecular formula is C13H14N2O3S. The molecule has 2 aromatic rings. The Hall–Kier alpha value is -2.05. The number of nitrogen functional groups attached to an aromatic ring is 1. The third kappa shape index (κ3) is 3.24. The molecule has 0 aromatic heterocycles. The molecule has 0 amide bonds. The predicted octanol–water partition coefficient (Wildman–Crippen LogP) is 1.97. The minimum Gasteiger partial charge on any atom is -0.457 e. The van der Waals surface area contributed by atoms with Crippen LogP contribution >= 0.6 is 0 Å². The molecule has 5 nitrogen and oxygen atoms in total. The number of nitrogens with one attached hydrogen (secondary N) is 1. The Bertz CT molecular complexity index is 649. The van der Waals surface area contributed by atoms with Crippen LogP contribution in [0.15, 0.2) is 53.4 Å². The molecule has 0 heterocycles. The van der Waals surface area contributed by atoms with Crippen LogP contribution in [0.2, 0.25) is 0 Å². The van der Waals surface area contributed by atoms with Crippen LogP contribution in [-0.2, 0) is 10.0 Å². The van der Waals surface area contributed by atoms with Crippen molar-refractivity contribution in [2.24, 2.45) is 0 Å². The fraction of sp³-hybridized carbons (Fsp3) is 0.0769. The van der Waals surface area contributed by atoms with E-state index in [0.29, 0.717) is 17.2 Å². The largest absolute Gasteiger partial charge is 0.457 e. The van der Waals surface area contributed by atoms with Crippen LogP contribution in [0.1, 0.15) is 0 Å². The van der Waals surface area contributed by atoms with Crippen molar-refractivity contribution in [3.63, 3.8) is 0 Å². The summed E-state index contributed by atoms with van der Waals surface area (Å²) in [7, 11) is -2.05. The second kappa shape index (κ2) is 5.29. The smallest absolute Gasteiger partial charge is 0.240 e. The lowest BCUT2D eigenvalue weighted by Crippen LogP contribution is -2.18. The lowest BCUT2D eigenvalue weighted by atomic mass is 10.3. The molecule has 0 fully saturated rings. The van der Waals surface area contributed by atoms with E-state index >= 15 is 0 Å². The van der Waals surface area contributed by atoms with Gasteiger partial charge in [-0.3, -0.25) is 0 Å². The summed E-state index contributed by atoms with van der Waals surface area (Å²) in [6.07, 6.45) is 0. The number of ether oxygens (including phenoxy) is 1. The van der Waals surface area contributed by atoms with Crippen molar-refractivity contribution in [1.29, 1.82) is 0 Å². The van der Waals surface area contributed by atoms with Gasteiger partial charge >= 0.3 is 0 Å². The minimum atomic E-state index is -3.42. The summed E-state index contributed by atoms with van der Waals surface area (Å²) in [5, 5.41) is 0. The maximum absolute atomic E-state index is 11.5. The summed E-state index contributed by atoms with van der Waals surface area (Å²) in [5.41, 5.74) is 6.23. The zero-order chi connectivity index (χ0) is 13.9. The highest BCUT2D eigenvalue weighted by atomic mass is 32.2. The summed E-state index contributed by atoms with van der Waals surface area (Å²) in [6, 6.07) is 13.1. The first-order valence-corrected chi connectivity index (χ1v) is 7.06. The third-order valence-electron chi connectivity index (χ3n) is 2.52. The summed E-state index contributed by atoms with van der Waals surface area (Å²) < 4.78 is 30.9. The van der Waals surface area contributed by atoms with E-state index in [1.54, 1.807) is 36.4 Å². The minimum absolute atomic E-state index is 0.194. The van der Waals surface area contributed by atoms with Gasteiger partial charge in [0.05, 0.1) is 4.90 Å². The van der Waals surface area contributed by atoms with Crippen LogP contribution in [0.25, 0.3) is 0 Å². The average Bonchev–Trinajstić information content (AvgIpc) is 2.42. The normalized spacial score (nSPS) is 11.2. The first-order chi connectivity index (χ1) is 9.01. The fourth-order valence-electron chi connectivity index (χ4n) is 1.48. The number of anilines is 1. The predicted molar refractivity (Wildman–Crippen MR) is 73.6 cm³/mol. The summed E-state index contributed by atoms with van der Waals surface area (Å²) in [5.74, 6) is 1.19. The SMILES string of the molecule is CNS(=O)(=O)c1ccc(Oc2ccc(N)cc2)cc1. The van der Waals surface area contributed by atoms with Gasteiger partial charge in [0.1, 0.15) is 11.5 Å². The molecule has 0 radical (unpaired) electrons. The van der Waals surface area contributed by atoms with Gasteiger partial charge in [-0.05, 0) is 55.6 Å². The average molecular weight is 278 g/mol. The van der Waals surface area contributed by atoms with Gasteiger partial charge in [0, 0.05) is 5.69 Å². The Morgan fingerprint density at radius 2 is 1.42 bits per heavy atom. The highest BCUT2D eigenvalue weighted by Crippen LogP contribution is 2.23. The van der Waals surface area contributed by atoms with E-state index in [-0.39, 0.29) is 4.90 Å². The van der Waals surface area contributed by atoms with E-state index in [1.165, 1.54) is 19.2 Å². The quantitative estimate of drug-likeness (QED) is 0.838. The molecule has 0 aliphatic rings. The molecule has 0 saturated carbocycles. The molecule has 100 valence electrons. The van der Waals surface area contributed by atoms with Crippen LogP contribution < -0.4 is 15.2 Å². The highest BCUT2D eigenvalue weighted by molar-refractivity contribution is 7.89. The van der Waals surface area contributed by atoms with Gasteiger partial charge in [-0.1, -0.05) is 0 Å². The van der Waals surface area contributed by atoms with E-state index in [1.807, 2.05) is 0 Å². The monoisotopic (exact) mass is 278 g/mol. The first kappa shape index (κ1) is 13.4. The molecule has 0 saturated heterocycles. The molecule has 0 bridgehead atoms. The zero-order valence-corrected chi connectivity index (χ0v) is 11.1. The van der Waals surface area contributed by atoms with Crippen LogP contribution in [0.5, 0.6) is 11.5 Å². The summed E-state index contributed by atoms with van der Waals surface area (Å²) in [4.78, 5) is 0.194. The summed E-state index contributed by atoms with van der Waals surface area (Å²) in [6.45, 7) is 0. The van der Waals surface area contributed by atoms with Gasteiger partial charge in [0.2, 0.25) is 10.0 Å². The number of benzene rings is 2. The van der Waals surface area contributed by atoms with Crippen molar-refractivity contribution in [1.82, 2.24) is 4.72 Å². The lowest BCUT2D eigenvalue weighted by molar-refractivity contribution is 0.482. The molecule has 19 heavy (non-hydrogen) atoms. The van der Waals surface area contributed by atoms with Gasteiger partial charge in [-0.2, -0.15) is 0 Å². The topological polar surface area (TPSA) is 81.4 Å². The van der Waals surface area contributed by atoms with Crippen molar-refractivity contribution in [2.45, 2.75) is 4.90 Å². The molecular weight excluding hydrogens is 264 g/mol. The van der Waals surface area contributed by atoms with Gasteiger partial charge < -0.3 is 10.5 Å². The number of sulfonamides is 1. The van der Waals surface area contributed by atoms with Gasteiger partial charge in [-0.15, -0.1) is 0 Å². The molecule has 0 aliphatic heterocycles. The fourth-order valence-corrected chi connectivity index (χ4v) is 2.21. The highest BCUT2D eigenvalue weighted by Gasteiger charge is 2.10. The van der Waals surface area contributed by atoms with E-state index in [4.69, 9.17) is 10.5 Å². The molecule has 2 aromatic carbocycles. The van der Waals surface area contributed by atoms with Crippen molar-refractivity contribution >= 4 is 15.7 Å². The second-order valence-electron chi connectivity index (χ2n) is 3.85. The third-order valence-corrected chi connectivity index (χ3v) is 3.95. The second-order valence-corrected chi connectivity index (χ2v) is 5.74. The molecule has 0 spiro atoms. The van der Waals surface area contributed by atoms with E-state index in [2.05, 4.69) is 4.72 Å². The van der Waals surface area contributed by atoms with Crippen molar-refractivity contribution < 1.29 is 13.2 Å². The molecule has 0 unspecified atom stereocenters. The van der Waals surface area contributed by atoms with E-state index in [9.17, 15) is 8.42 Å². The number of hydrogen-bond donors (Lipinski definition) is 2. The van der Waals surface area contributed by atoms with Crippen LogP contribution in [0.3, 0.4) is 0 Å². The number of nitrogens with two attached hydrogens (primary N) is 1. The first-order valence-electron chi connectivity index (χ1n) is 5.58. The van der Waals surface area contributed by atoms with Gasteiger partial charge in [-0.25, -0.2) is 13.1 Å². The molecule has 0 aliphatic carbocycles. The van der Waals surface area contributed by atoms with Gasteiger partial charge in [0.25, 0.3) is 0 Å². The van der Waals surface area contributed by atoms with Crippen LogP contribution in [-0.4, -0.2) is 15.5 Å². The Labute approximate surface area is 112 Å².